The van der Waals surface area contributed by atoms with E-state index in [0.29, 0.717) is 24.9 Å². The van der Waals surface area contributed by atoms with Crippen LogP contribution in [0.5, 0.6) is 0 Å². The van der Waals surface area contributed by atoms with Crippen LogP contribution in [0.25, 0.3) is 0 Å². The van der Waals surface area contributed by atoms with Gasteiger partial charge < -0.3 is 5.32 Å². The molecule has 0 aromatic rings. The number of hydrogen-bond acceptors (Lipinski definition) is 3. The molecule has 1 aliphatic carbocycles. The molecule has 1 saturated carbocycles. The van der Waals surface area contributed by atoms with Gasteiger partial charge in [-0.05, 0) is 51.0 Å². The van der Waals surface area contributed by atoms with Crippen molar-refractivity contribution >= 4 is 10.2 Å². The van der Waals surface area contributed by atoms with Gasteiger partial charge in [0.1, 0.15) is 0 Å². The Labute approximate surface area is 130 Å². The lowest BCUT2D eigenvalue weighted by Gasteiger charge is -2.33. The zero-order chi connectivity index (χ0) is 15.5. The second kappa shape index (κ2) is 7.40. The summed E-state index contributed by atoms with van der Waals surface area (Å²) in [5.74, 6) is 0.990. The SMILES string of the molecule is CCC(C)C(C)NS(=O)(=O)N1CCC(CNC2CC2)CC1. The molecule has 5 nitrogen and oxygen atoms in total. The molecule has 2 atom stereocenters. The Bertz CT molecular complexity index is 415. The molecule has 2 rings (SSSR count). The summed E-state index contributed by atoms with van der Waals surface area (Å²) < 4.78 is 29.3. The molecule has 2 aliphatic rings. The molecule has 124 valence electrons. The molecule has 1 heterocycles. The third kappa shape index (κ3) is 5.20. The zero-order valence-electron chi connectivity index (χ0n) is 13.6. The molecular weight excluding hydrogens is 286 g/mol. The van der Waals surface area contributed by atoms with Crippen LogP contribution in [0.4, 0.5) is 0 Å². The first-order chi connectivity index (χ1) is 9.92. The summed E-state index contributed by atoms with van der Waals surface area (Å²) in [4.78, 5) is 0. The van der Waals surface area contributed by atoms with E-state index in [-0.39, 0.29) is 6.04 Å². The number of piperidine rings is 1. The van der Waals surface area contributed by atoms with Crippen LogP contribution in [0.2, 0.25) is 0 Å². The summed E-state index contributed by atoms with van der Waals surface area (Å²) in [6.45, 7) is 8.49. The van der Waals surface area contributed by atoms with Gasteiger partial charge >= 0.3 is 0 Å². The van der Waals surface area contributed by atoms with Crippen LogP contribution >= 0.6 is 0 Å². The third-order valence-electron chi connectivity index (χ3n) is 5.02. The van der Waals surface area contributed by atoms with Crippen LogP contribution in [-0.2, 0) is 10.2 Å². The Morgan fingerprint density at radius 3 is 2.29 bits per heavy atom. The first kappa shape index (κ1) is 17.2. The van der Waals surface area contributed by atoms with Crippen molar-refractivity contribution in [1.29, 1.82) is 0 Å². The van der Waals surface area contributed by atoms with E-state index >= 15 is 0 Å². The van der Waals surface area contributed by atoms with Crippen LogP contribution < -0.4 is 10.0 Å². The average Bonchev–Trinajstić information content (AvgIpc) is 3.28. The minimum Gasteiger partial charge on any atom is -0.314 e. The summed E-state index contributed by atoms with van der Waals surface area (Å²) >= 11 is 0. The summed E-state index contributed by atoms with van der Waals surface area (Å²) in [5, 5.41) is 3.55. The van der Waals surface area contributed by atoms with Gasteiger partial charge in [0.15, 0.2) is 0 Å². The highest BCUT2D eigenvalue weighted by Gasteiger charge is 2.30. The predicted molar refractivity (Wildman–Crippen MR) is 86.3 cm³/mol. The highest BCUT2D eigenvalue weighted by Crippen LogP contribution is 2.23. The lowest BCUT2D eigenvalue weighted by molar-refractivity contribution is 0.262. The van der Waals surface area contributed by atoms with Crippen LogP contribution in [0, 0.1) is 11.8 Å². The van der Waals surface area contributed by atoms with Crippen molar-refractivity contribution in [1.82, 2.24) is 14.3 Å². The van der Waals surface area contributed by atoms with Gasteiger partial charge in [-0.2, -0.15) is 17.4 Å². The smallest absolute Gasteiger partial charge is 0.279 e. The van der Waals surface area contributed by atoms with Crippen molar-refractivity contribution in [2.75, 3.05) is 19.6 Å². The molecule has 21 heavy (non-hydrogen) atoms. The Kier molecular flexibility index (Phi) is 6.05. The topological polar surface area (TPSA) is 61.4 Å². The van der Waals surface area contributed by atoms with Gasteiger partial charge in [-0.3, -0.25) is 0 Å². The van der Waals surface area contributed by atoms with Gasteiger partial charge in [0.05, 0.1) is 0 Å². The molecule has 2 unspecified atom stereocenters. The quantitative estimate of drug-likeness (QED) is 0.716. The maximum Gasteiger partial charge on any atom is 0.279 e. The molecule has 0 amide bonds. The monoisotopic (exact) mass is 317 g/mol. The summed E-state index contributed by atoms with van der Waals surface area (Å²) in [6, 6.07) is 0.735. The van der Waals surface area contributed by atoms with Gasteiger partial charge in [0, 0.05) is 25.2 Å². The van der Waals surface area contributed by atoms with Crippen LogP contribution in [0.15, 0.2) is 0 Å². The fourth-order valence-electron chi connectivity index (χ4n) is 2.75. The van der Waals surface area contributed by atoms with Crippen molar-refractivity contribution in [3.05, 3.63) is 0 Å². The van der Waals surface area contributed by atoms with Crippen molar-refractivity contribution in [2.45, 2.75) is 65.0 Å². The molecule has 0 aromatic heterocycles. The Morgan fingerprint density at radius 1 is 1.14 bits per heavy atom. The summed E-state index contributed by atoms with van der Waals surface area (Å²) in [6.07, 6.45) is 5.55. The van der Waals surface area contributed by atoms with Gasteiger partial charge in [-0.25, -0.2) is 0 Å². The number of hydrogen-bond donors (Lipinski definition) is 2. The van der Waals surface area contributed by atoms with E-state index in [1.54, 1.807) is 4.31 Å². The zero-order valence-corrected chi connectivity index (χ0v) is 14.5. The van der Waals surface area contributed by atoms with Gasteiger partial charge in [0.2, 0.25) is 0 Å². The Morgan fingerprint density at radius 2 is 1.76 bits per heavy atom. The molecule has 0 radical (unpaired) electrons. The summed E-state index contributed by atoms with van der Waals surface area (Å²) in [5.41, 5.74) is 0. The van der Waals surface area contributed by atoms with Crippen LogP contribution in [0.1, 0.15) is 52.9 Å². The maximum absolute atomic E-state index is 12.4. The van der Waals surface area contributed by atoms with Crippen molar-refractivity contribution < 1.29 is 8.42 Å². The van der Waals surface area contributed by atoms with E-state index in [0.717, 1.165) is 31.8 Å². The molecule has 2 fully saturated rings. The predicted octanol–water partition coefficient (Wildman–Crippen LogP) is 1.72. The van der Waals surface area contributed by atoms with Gasteiger partial charge in [-0.15, -0.1) is 0 Å². The van der Waals surface area contributed by atoms with E-state index in [2.05, 4.69) is 23.9 Å². The second-order valence-corrected chi connectivity index (χ2v) is 8.52. The minimum atomic E-state index is -3.32. The van der Waals surface area contributed by atoms with E-state index < -0.39 is 10.2 Å². The van der Waals surface area contributed by atoms with E-state index in [1.165, 1.54) is 12.8 Å². The molecule has 0 spiro atoms. The largest absolute Gasteiger partial charge is 0.314 e. The Hall–Kier alpha value is -0.170. The third-order valence-corrected chi connectivity index (χ3v) is 6.73. The maximum atomic E-state index is 12.4. The fourth-order valence-corrected chi connectivity index (χ4v) is 4.30. The van der Waals surface area contributed by atoms with E-state index in [4.69, 9.17) is 0 Å². The second-order valence-electron chi connectivity index (χ2n) is 6.82. The molecule has 1 saturated heterocycles. The average molecular weight is 317 g/mol. The highest BCUT2D eigenvalue weighted by atomic mass is 32.2. The number of nitrogens with zero attached hydrogens (tertiary/aromatic N) is 1. The van der Waals surface area contributed by atoms with Gasteiger partial charge in [-0.1, -0.05) is 20.3 Å². The first-order valence-corrected chi connectivity index (χ1v) is 9.87. The molecule has 6 heteroatoms. The number of rotatable bonds is 8. The lowest BCUT2D eigenvalue weighted by Crippen LogP contribution is -2.49. The van der Waals surface area contributed by atoms with Crippen molar-refractivity contribution in [2.24, 2.45) is 11.8 Å². The normalized spacial score (nSPS) is 24.9. The van der Waals surface area contributed by atoms with Crippen molar-refractivity contribution in [3.63, 3.8) is 0 Å². The minimum absolute atomic E-state index is 0.00532. The van der Waals surface area contributed by atoms with Gasteiger partial charge in [0.25, 0.3) is 10.2 Å². The highest BCUT2D eigenvalue weighted by molar-refractivity contribution is 7.87. The van der Waals surface area contributed by atoms with E-state index in [9.17, 15) is 8.42 Å². The molecule has 0 bridgehead atoms. The first-order valence-electron chi connectivity index (χ1n) is 8.43. The summed E-state index contributed by atoms with van der Waals surface area (Å²) in [7, 11) is -3.32. The molecular formula is C15H31N3O2S. The fraction of sp³-hybridized carbons (Fsp3) is 1.00. The lowest BCUT2D eigenvalue weighted by atomic mass is 9.98. The molecule has 1 aliphatic heterocycles. The van der Waals surface area contributed by atoms with Crippen LogP contribution in [-0.4, -0.2) is 44.4 Å². The Balaban J connectivity index is 1.76. The van der Waals surface area contributed by atoms with Crippen molar-refractivity contribution in [3.8, 4) is 0 Å². The number of nitrogens with one attached hydrogen (secondary N) is 2. The van der Waals surface area contributed by atoms with E-state index in [1.807, 2.05) is 6.92 Å². The van der Waals surface area contributed by atoms with Crippen LogP contribution in [0.3, 0.4) is 0 Å². The standard InChI is InChI=1S/C15H31N3O2S/c1-4-12(2)13(3)17-21(19,20)18-9-7-14(8-10-18)11-16-15-5-6-15/h12-17H,4-11H2,1-3H3. The molecule has 2 N–H and O–H groups in total. The molecule has 0 aromatic carbocycles.